The van der Waals surface area contributed by atoms with Crippen LogP contribution >= 0.6 is 12.2 Å². The van der Waals surface area contributed by atoms with E-state index in [1.54, 1.807) is 0 Å². The molecule has 0 radical (unpaired) electrons. The van der Waals surface area contributed by atoms with Crippen LogP contribution in [0.1, 0.15) is 43.7 Å². The summed E-state index contributed by atoms with van der Waals surface area (Å²) >= 11 is 4.88. The Morgan fingerprint density at radius 2 is 1.95 bits per heavy atom. The SMILES string of the molecule is CC1(CNc2ccc(C(F)(F)F)cc2C(N)=S)CCCC1. The van der Waals surface area contributed by atoms with Crippen LogP contribution in [-0.2, 0) is 6.18 Å². The first kappa shape index (κ1) is 16.1. The lowest BCUT2D eigenvalue weighted by Gasteiger charge is -2.25. The second-order valence-electron chi connectivity index (χ2n) is 5.99. The van der Waals surface area contributed by atoms with Crippen molar-refractivity contribution in [3.05, 3.63) is 29.3 Å². The quantitative estimate of drug-likeness (QED) is 0.812. The Morgan fingerprint density at radius 3 is 2.48 bits per heavy atom. The van der Waals surface area contributed by atoms with Gasteiger partial charge in [-0.2, -0.15) is 13.2 Å². The largest absolute Gasteiger partial charge is 0.416 e. The lowest BCUT2D eigenvalue weighted by atomic mass is 9.89. The maximum atomic E-state index is 12.8. The van der Waals surface area contributed by atoms with Crippen LogP contribution in [0, 0.1) is 5.41 Å². The van der Waals surface area contributed by atoms with Crippen molar-refractivity contribution in [2.75, 3.05) is 11.9 Å². The Bertz CT molecular complexity index is 534. The van der Waals surface area contributed by atoms with Crippen molar-refractivity contribution in [1.29, 1.82) is 0 Å². The van der Waals surface area contributed by atoms with E-state index in [4.69, 9.17) is 18.0 Å². The number of nitrogens with one attached hydrogen (secondary N) is 1. The van der Waals surface area contributed by atoms with Crippen molar-refractivity contribution >= 4 is 22.9 Å². The van der Waals surface area contributed by atoms with Crippen LogP contribution in [0.25, 0.3) is 0 Å². The number of halogens is 3. The van der Waals surface area contributed by atoms with Crippen molar-refractivity contribution in [2.24, 2.45) is 11.1 Å². The third kappa shape index (κ3) is 3.87. The minimum absolute atomic E-state index is 0.0276. The Balaban J connectivity index is 2.21. The monoisotopic (exact) mass is 316 g/mol. The van der Waals surface area contributed by atoms with Gasteiger partial charge in [0.15, 0.2) is 0 Å². The molecule has 0 saturated heterocycles. The molecular formula is C15H19F3N2S. The number of benzene rings is 1. The van der Waals surface area contributed by atoms with Gasteiger partial charge in [0.05, 0.1) is 5.56 Å². The van der Waals surface area contributed by atoms with Gasteiger partial charge in [0.2, 0.25) is 0 Å². The van der Waals surface area contributed by atoms with E-state index in [1.807, 2.05) is 0 Å². The van der Waals surface area contributed by atoms with E-state index in [-0.39, 0.29) is 16.0 Å². The average Bonchev–Trinajstić information content (AvgIpc) is 2.82. The molecule has 1 saturated carbocycles. The van der Waals surface area contributed by atoms with Crippen molar-refractivity contribution in [3.63, 3.8) is 0 Å². The van der Waals surface area contributed by atoms with Crippen molar-refractivity contribution in [2.45, 2.75) is 38.8 Å². The van der Waals surface area contributed by atoms with E-state index in [0.717, 1.165) is 25.0 Å². The summed E-state index contributed by atoms with van der Waals surface area (Å²) in [4.78, 5) is -0.0276. The smallest absolute Gasteiger partial charge is 0.389 e. The topological polar surface area (TPSA) is 38.0 Å². The first-order valence-corrected chi connectivity index (χ1v) is 7.37. The third-order valence-corrected chi connectivity index (χ3v) is 4.35. The first-order chi connectivity index (χ1) is 9.71. The molecule has 1 aliphatic carbocycles. The molecule has 2 nitrogen and oxygen atoms in total. The standard InChI is InChI=1S/C15H19F3N2S/c1-14(6-2-3-7-14)9-20-12-5-4-10(15(16,17)18)8-11(12)13(19)21/h4-5,8,20H,2-3,6-7,9H2,1H3,(H2,19,21). The lowest BCUT2D eigenvalue weighted by molar-refractivity contribution is -0.137. The summed E-state index contributed by atoms with van der Waals surface area (Å²) in [7, 11) is 0. The fourth-order valence-corrected chi connectivity index (χ4v) is 2.96. The summed E-state index contributed by atoms with van der Waals surface area (Å²) in [5.41, 5.74) is 5.85. The van der Waals surface area contributed by atoms with Gasteiger partial charge in [0.1, 0.15) is 4.99 Å². The number of rotatable bonds is 4. The molecule has 3 N–H and O–H groups in total. The molecule has 1 aromatic rings. The summed E-state index contributed by atoms with van der Waals surface area (Å²) < 4.78 is 38.3. The summed E-state index contributed by atoms with van der Waals surface area (Å²) in [6.45, 7) is 2.91. The second-order valence-corrected chi connectivity index (χ2v) is 6.43. The molecule has 1 aliphatic rings. The summed E-state index contributed by atoms with van der Waals surface area (Å²) in [5.74, 6) is 0. The molecule has 0 bridgehead atoms. The molecule has 0 aliphatic heterocycles. The van der Waals surface area contributed by atoms with Gasteiger partial charge in [-0.05, 0) is 36.5 Å². The highest BCUT2D eigenvalue weighted by molar-refractivity contribution is 7.80. The fourth-order valence-electron chi connectivity index (χ4n) is 2.79. The number of hydrogen-bond donors (Lipinski definition) is 2. The van der Waals surface area contributed by atoms with Crippen molar-refractivity contribution in [3.8, 4) is 0 Å². The second kappa shape index (κ2) is 5.83. The van der Waals surface area contributed by atoms with Crippen LogP contribution in [0.2, 0.25) is 0 Å². The van der Waals surface area contributed by atoms with Gasteiger partial charge in [-0.15, -0.1) is 0 Å². The predicted molar refractivity (Wildman–Crippen MR) is 82.4 cm³/mol. The molecule has 0 spiro atoms. The minimum atomic E-state index is -4.39. The van der Waals surface area contributed by atoms with Gasteiger partial charge in [-0.3, -0.25) is 0 Å². The molecule has 1 aromatic carbocycles. The van der Waals surface area contributed by atoms with E-state index in [2.05, 4.69) is 12.2 Å². The number of thiocarbonyl (C=S) groups is 1. The zero-order valence-electron chi connectivity index (χ0n) is 11.9. The minimum Gasteiger partial charge on any atom is -0.389 e. The molecule has 2 rings (SSSR count). The molecule has 0 aromatic heterocycles. The first-order valence-electron chi connectivity index (χ1n) is 6.96. The van der Waals surface area contributed by atoms with Crippen LogP contribution in [0.5, 0.6) is 0 Å². The maximum absolute atomic E-state index is 12.8. The van der Waals surface area contributed by atoms with Gasteiger partial charge in [0, 0.05) is 17.8 Å². The molecule has 21 heavy (non-hydrogen) atoms. The molecule has 6 heteroatoms. The fraction of sp³-hybridized carbons (Fsp3) is 0.533. The molecule has 116 valence electrons. The lowest BCUT2D eigenvalue weighted by Crippen LogP contribution is -2.24. The highest BCUT2D eigenvalue weighted by Gasteiger charge is 2.32. The number of anilines is 1. The van der Waals surface area contributed by atoms with Gasteiger partial charge < -0.3 is 11.1 Å². The van der Waals surface area contributed by atoms with Gasteiger partial charge in [-0.25, -0.2) is 0 Å². The Kier molecular flexibility index (Phi) is 4.46. The van der Waals surface area contributed by atoms with E-state index in [1.165, 1.54) is 18.9 Å². The normalized spacial score (nSPS) is 17.7. The number of hydrogen-bond acceptors (Lipinski definition) is 2. The molecular weight excluding hydrogens is 297 g/mol. The Hall–Kier alpha value is -1.30. The number of nitrogens with two attached hydrogens (primary N) is 1. The summed E-state index contributed by atoms with van der Waals surface area (Å²) in [6.07, 6.45) is 0.266. The predicted octanol–water partition coefficient (Wildman–Crippen LogP) is 4.33. The summed E-state index contributed by atoms with van der Waals surface area (Å²) in [5, 5.41) is 3.22. The Morgan fingerprint density at radius 1 is 1.33 bits per heavy atom. The van der Waals surface area contributed by atoms with Gasteiger partial charge >= 0.3 is 6.18 Å². The molecule has 0 amide bonds. The van der Waals surface area contributed by atoms with Crippen molar-refractivity contribution < 1.29 is 13.2 Å². The van der Waals surface area contributed by atoms with Crippen LogP contribution in [0.3, 0.4) is 0 Å². The molecule has 0 unspecified atom stereocenters. The van der Waals surface area contributed by atoms with E-state index >= 15 is 0 Å². The Labute approximate surface area is 127 Å². The molecule has 1 fully saturated rings. The zero-order chi connectivity index (χ0) is 15.7. The zero-order valence-corrected chi connectivity index (χ0v) is 12.7. The molecule has 0 atom stereocenters. The number of alkyl halides is 3. The van der Waals surface area contributed by atoms with Crippen LogP contribution in [0.4, 0.5) is 18.9 Å². The van der Waals surface area contributed by atoms with Crippen LogP contribution in [0.15, 0.2) is 18.2 Å². The maximum Gasteiger partial charge on any atom is 0.416 e. The van der Waals surface area contributed by atoms with Gasteiger partial charge in [-0.1, -0.05) is 32.0 Å². The average molecular weight is 316 g/mol. The van der Waals surface area contributed by atoms with E-state index in [9.17, 15) is 13.2 Å². The third-order valence-electron chi connectivity index (χ3n) is 4.13. The van der Waals surface area contributed by atoms with Gasteiger partial charge in [0.25, 0.3) is 0 Å². The van der Waals surface area contributed by atoms with Crippen LogP contribution < -0.4 is 11.1 Å². The summed E-state index contributed by atoms with van der Waals surface area (Å²) in [6, 6.07) is 3.48. The van der Waals surface area contributed by atoms with E-state index in [0.29, 0.717) is 12.2 Å². The van der Waals surface area contributed by atoms with Crippen LogP contribution in [-0.4, -0.2) is 11.5 Å². The highest BCUT2D eigenvalue weighted by Crippen LogP contribution is 2.38. The van der Waals surface area contributed by atoms with Crippen molar-refractivity contribution in [1.82, 2.24) is 0 Å². The highest BCUT2D eigenvalue weighted by atomic mass is 32.1. The van der Waals surface area contributed by atoms with E-state index < -0.39 is 11.7 Å². The molecule has 0 heterocycles.